The van der Waals surface area contributed by atoms with Crippen LogP contribution in [0.4, 0.5) is 0 Å². The second-order valence-electron chi connectivity index (χ2n) is 3.20. The number of hydrogen-bond acceptors (Lipinski definition) is 4. The fourth-order valence-electron chi connectivity index (χ4n) is 1.41. The summed E-state index contributed by atoms with van der Waals surface area (Å²) in [5.41, 5.74) is 3.67. The molecule has 7 heteroatoms. The number of halogens is 3. The third-order valence-electron chi connectivity index (χ3n) is 2.28. The average molecular weight is 283 g/mol. The van der Waals surface area contributed by atoms with Gasteiger partial charge in [-0.3, -0.25) is 14.4 Å². The summed E-state index contributed by atoms with van der Waals surface area (Å²) in [5, 5.41) is -3.09. The number of nitrogens with two attached hydrogens (primary N) is 1. The minimum atomic E-state index is -1.97. The Morgan fingerprint density at radius 1 is 1.19 bits per heavy atom. The maximum Gasteiger partial charge on any atom is 0.241 e. The second-order valence-corrected chi connectivity index (χ2v) is 4.26. The summed E-state index contributed by atoms with van der Waals surface area (Å²) in [4.78, 5) is 33.8. The zero-order valence-corrected chi connectivity index (χ0v) is 10.0. The number of carbonyl (C=O) groups is 3. The van der Waals surface area contributed by atoms with E-state index in [0.29, 0.717) is 0 Å². The maximum atomic E-state index is 11.3. The number of carbonyl (C=O) groups excluding carboxylic acids is 3. The highest BCUT2D eigenvalue weighted by molar-refractivity contribution is 6.76. The molecule has 0 aliphatic heterocycles. The Bertz CT molecular complexity index is 414. The van der Waals surface area contributed by atoms with Crippen molar-refractivity contribution >= 4 is 50.5 Å². The molecule has 1 unspecified atom stereocenters. The van der Waals surface area contributed by atoms with Crippen LogP contribution in [0.25, 0.3) is 0 Å². The van der Waals surface area contributed by atoms with Gasteiger partial charge >= 0.3 is 0 Å². The Labute approximate surface area is 106 Å². The molecule has 0 bridgehead atoms. The molecular formula is C9H6Cl3NO3. The van der Waals surface area contributed by atoms with Crippen molar-refractivity contribution in [2.45, 2.75) is 0 Å². The molecule has 0 heterocycles. The van der Waals surface area contributed by atoms with Crippen LogP contribution in [-0.2, 0) is 14.4 Å². The van der Waals surface area contributed by atoms with Gasteiger partial charge in [0.2, 0.25) is 15.7 Å². The van der Waals surface area contributed by atoms with Gasteiger partial charge in [0.1, 0.15) is 0 Å². The molecule has 86 valence electrons. The molecule has 1 atom stereocenters. The van der Waals surface area contributed by atoms with Gasteiger partial charge in [0.15, 0.2) is 5.41 Å². The van der Waals surface area contributed by atoms with Gasteiger partial charge in [-0.15, -0.1) is 0 Å². The van der Waals surface area contributed by atoms with Crippen LogP contribution in [0.5, 0.6) is 0 Å². The van der Waals surface area contributed by atoms with Crippen molar-refractivity contribution in [2.75, 3.05) is 0 Å². The lowest BCUT2D eigenvalue weighted by Crippen LogP contribution is -2.43. The highest BCUT2D eigenvalue weighted by Crippen LogP contribution is 2.40. The zero-order valence-electron chi connectivity index (χ0n) is 7.75. The van der Waals surface area contributed by atoms with E-state index in [4.69, 9.17) is 40.5 Å². The minimum Gasteiger partial charge on any atom is -0.399 e. The van der Waals surface area contributed by atoms with E-state index in [-0.39, 0.29) is 5.70 Å². The minimum absolute atomic E-state index is 0.199. The molecule has 1 aliphatic carbocycles. The first kappa shape index (κ1) is 13.2. The molecule has 2 N–H and O–H groups in total. The van der Waals surface area contributed by atoms with Gasteiger partial charge in [-0.25, -0.2) is 0 Å². The predicted molar refractivity (Wildman–Crippen MR) is 59.9 cm³/mol. The number of allylic oxidation sites excluding steroid dienone is 3. The summed E-state index contributed by atoms with van der Waals surface area (Å²) in [6, 6.07) is 0. The van der Waals surface area contributed by atoms with Gasteiger partial charge in [-0.2, -0.15) is 0 Å². The van der Waals surface area contributed by atoms with E-state index in [1.54, 1.807) is 0 Å². The first-order chi connectivity index (χ1) is 7.32. The third kappa shape index (κ3) is 2.00. The van der Waals surface area contributed by atoms with Crippen LogP contribution in [0.15, 0.2) is 23.9 Å². The molecule has 0 fully saturated rings. The third-order valence-corrected chi connectivity index (χ3v) is 3.14. The lowest BCUT2D eigenvalue weighted by molar-refractivity contribution is -0.134. The normalized spacial score (nSPS) is 22.4. The Morgan fingerprint density at radius 3 is 2.06 bits per heavy atom. The topological polar surface area (TPSA) is 77.2 Å². The average Bonchev–Trinajstić information content (AvgIpc) is 2.16. The molecule has 1 rings (SSSR count). The van der Waals surface area contributed by atoms with Gasteiger partial charge in [-0.1, -0.05) is 6.08 Å². The van der Waals surface area contributed by atoms with Gasteiger partial charge in [-0.05, 0) is 47.0 Å². The van der Waals surface area contributed by atoms with Crippen LogP contribution in [0.1, 0.15) is 0 Å². The standard InChI is InChI=1S/C9H6Cl3NO3/c10-6(14)5-3-4(13)1-2-9(5,7(11)15)8(12)16/h1-3,5H,13H2. The molecular weight excluding hydrogens is 276 g/mol. The van der Waals surface area contributed by atoms with Crippen LogP contribution in [0.2, 0.25) is 0 Å². The Hall–Kier alpha value is -0.840. The van der Waals surface area contributed by atoms with E-state index < -0.39 is 27.1 Å². The first-order valence-electron chi connectivity index (χ1n) is 4.08. The van der Waals surface area contributed by atoms with E-state index in [2.05, 4.69) is 0 Å². The zero-order chi connectivity index (χ0) is 12.5. The van der Waals surface area contributed by atoms with Crippen molar-refractivity contribution in [1.29, 1.82) is 0 Å². The van der Waals surface area contributed by atoms with E-state index in [1.165, 1.54) is 12.2 Å². The molecule has 0 aromatic heterocycles. The lowest BCUT2D eigenvalue weighted by Gasteiger charge is -2.29. The molecule has 0 saturated heterocycles. The van der Waals surface area contributed by atoms with Crippen molar-refractivity contribution < 1.29 is 14.4 Å². The van der Waals surface area contributed by atoms with E-state index >= 15 is 0 Å². The lowest BCUT2D eigenvalue weighted by atomic mass is 9.74. The molecule has 4 nitrogen and oxygen atoms in total. The Kier molecular flexibility index (Phi) is 3.78. The van der Waals surface area contributed by atoms with Crippen LogP contribution >= 0.6 is 34.8 Å². The predicted octanol–water partition coefficient (Wildman–Crippen LogP) is 1.30. The van der Waals surface area contributed by atoms with Gasteiger partial charge in [0, 0.05) is 5.70 Å². The molecule has 0 spiro atoms. The van der Waals surface area contributed by atoms with E-state index in [0.717, 1.165) is 6.08 Å². The number of hydrogen-bond donors (Lipinski definition) is 1. The number of rotatable bonds is 3. The Morgan fingerprint density at radius 2 is 1.69 bits per heavy atom. The van der Waals surface area contributed by atoms with Crippen LogP contribution in [0, 0.1) is 11.3 Å². The fourth-order valence-corrected chi connectivity index (χ4v) is 2.22. The fraction of sp³-hybridized carbons (Fsp3) is 0.222. The summed E-state index contributed by atoms with van der Waals surface area (Å²) in [7, 11) is 0. The summed E-state index contributed by atoms with van der Waals surface area (Å²) in [6.07, 6.45) is 3.55. The summed E-state index contributed by atoms with van der Waals surface area (Å²) in [6.45, 7) is 0. The van der Waals surface area contributed by atoms with Crippen molar-refractivity contribution in [3.63, 3.8) is 0 Å². The quantitative estimate of drug-likeness (QED) is 0.625. The highest BCUT2D eigenvalue weighted by Gasteiger charge is 2.51. The van der Waals surface area contributed by atoms with Crippen molar-refractivity contribution in [1.82, 2.24) is 0 Å². The molecule has 0 aromatic carbocycles. The molecule has 0 aromatic rings. The van der Waals surface area contributed by atoms with Crippen molar-refractivity contribution in [3.8, 4) is 0 Å². The summed E-state index contributed by atoms with van der Waals surface area (Å²) < 4.78 is 0. The monoisotopic (exact) mass is 281 g/mol. The highest BCUT2D eigenvalue weighted by atomic mass is 35.5. The van der Waals surface area contributed by atoms with Crippen molar-refractivity contribution in [3.05, 3.63) is 23.9 Å². The molecule has 0 saturated carbocycles. The Balaban J connectivity index is 3.39. The van der Waals surface area contributed by atoms with Gasteiger partial charge in [0.25, 0.3) is 0 Å². The molecule has 0 radical (unpaired) electrons. The van der Waals surface area contributed by atoms with Gasteiger partial charge < -0.3 is 5.73 Å². The van der Waals surface area contributed by atoms with Crippen LogP contribution < -0.4 is 5.73 Å². The molecule has 1 aliphatic rings. The smallest absolute Gasteiger partial charge is 0.241 e. The van der Waals surface area contributed by atoms with Crippen molar-refractivity contribution in [2.24, 2.45) is 17.1 Å². The van der Waals surface area contributed by atoms with Crippen LogP contribution in [-0.4, -0.2) is 15.7 Å². The first-order valence-corrected chi connectivity index (χ1v) is 5.21. The van der Waals surface area contributed by atoms with Crippen LogP contribution in [0.3, 0.4) is 0 Å². The largest absolute Gasteiger partial charge is 0.399 e. The SMILES string of the molecule is NC1=CC(C(=O)Cl)C(C(=O)Cl)(C(=O)Cl)C=C1. The summed E-state index contributed by atoms with van der Waals surface area (Å²) >= 11 is 15.9. The summed E-state index contributed by atoms with van der Waals surface area (Å²) in [5.74, 6) is -1.28. The molecule has 16 heavy (non-hydrogen) atoms. The van der Waals surface area contributed by atoms with Gasteiger partial charge in [0.05, 0.1) is 5.92 Å². The molecule has 0 amide bonds. The second kappa shape index (κ2) is 4.57. The van der Waals surface area contributed by atoms with E-state index in [1.807, 2.05) is 0 Å². The maximum absolute atomic E-state index is 11.3. The van der Waals surface area contributed by atoms with E-state index in [9.17, 15) is 14.4 Å².